The van der Waals surface area contributed by atoms with E-state index in [1.807, 2.05) is 6.07 Å². The van der Waals surface area contributed by atoms with Crippen LogP contribution >= 0.6 is 11.6 Å². The van der Waals surface area contributed by atoms with Crippen molar-refractivity contribution >= 4 is 17.6 Å². The van der Waals surface area contributed by atoms with Gasteiger partial charge in [-0.25, -0.2) is 9.78 Å². The highest BCUT2D eigenvalue weighted by molar-refractivity contribution is 6.31. The average molecular weight is 265 g/mol. The molecule has 1 aliphatic rings. The number of nitriles is 1. The van der Waals surface area contributed by atoms with Gasteiger partial charge in [-0.15, -0.1) is 0 Å². The number of carbonyl (C=O) groups is 1. The number of rotatable bonds is 3. The average Bonchev–Trinajstić information content (AvgIpc) is 3.08. The quantitative estimate of drug-likeness (QED) is 0.622. The number of aromatic nitrogens is 1. The van der Waals surface area contributed by atoms with Gasteiger partial charge in [0.15, 0.2) is 0 Å². The van der Waals surface area contributed by atoms with Crippen molar-refractivity contribution in [2.45, 2.75) is 32.1 Å². The molecule has 1 aromatic heterocycles. The van der Waals surface area contributed by atoms with Crippen LogP contribution in [0.5, 0.6) is 0 Å². The van der Waals surface area contributed by atoms with Gasteiger partial charge in [-0.1, -0.05) is 18.5 Å². The lowest BCUT2D eigenvalue weighted by Crippen LogP contribution is -2.12. The lowest BCUT2D eigenvalue weighted by molar-refractivity contribution is 0.0525. The van der Waals surface area contributed by atoms with Crippen LogP contribution in [0.2, 0.25) is 5.15 Å². The van der Waals surface area contributed by atoms with Crippen LogP contribution in [0, 0.1) is 11.3 Å². The smallest absolute Gasteiger partial charge is 0.339 e. The maximum absolute atomic E-state index is 11.8. The number of hydrogen-bond donors (Lipinski definition) is 0. The molecule has 0 saturated heterocycles. The summed E-state index contributed by atoms with van der Waals surface area (Å²) in [6.45, 7) is 4.04. The van der Waals surface area contributed by atoms with E-state index in [1.165, 1.54) is 0 Å². The Balaban J connectivity index is 2.51. The van der Waals surface area contributed by atoms with Gasteiger partial charge in [0.25, 0.3) is 0 Å². The molecule has 0 aromatic carbocycles. The first-order chi connectivity index (χ1) is 8.51. The van der Waals surface area contributed by atoms with Crippen LogP contribution in [0.1, 0.15) is 48.3 Å². The Morgan fingerprint density at radius 3 is 2.83 bits per heavy atom. The maximum atomic E-state index is 11.8. The summed E-state index contributed by atoms with van der Waals surface area (Å²) in [5.41, 5.74) is 1.04. The third-order valence-electron chi connectivity index (χ3n) is 3.20. The standard InChI is InChI=1S/C13H13ClN2O2/c1-3-18-12(17)8-6-10(13(2)4-5-13)16-11(14)9(8)7-15/h6H,3-5H2,1-2H3. The fourth-order valence-electron chi connectivity index (χ4n) is 1.74. The van der Waals surface area contributed by atoms with Gasteiger partial charge in [-0.2, -0.15) is 5.26 Å². The largest absolute Gasteiger partial charge is 0.462 e. The number of carbonyl (C=O) groups excluding carboxylic acids is 1. The van der Waals surface area contributed by atoms with Crippen LogP contribution in [0.3, 0.4) is 0 Å². The molecule has 18 heavy (non-hydrogen) atoms. The molecule has 1 fully saturated rings. The van der Waals surface area contributed by atoms with E-state index in [-0.39, 0.29) is 28.3 Å². The van der Waals surface area contributed by atoms with E-state index in [2.05, 4.69) is 11.9 Å². The molecule has 0 bridgehead atoms. The minimum atomic E-state index is -0.524. The van der Waals surface area contributed by atoms with Crippen molar-refractivity contribution in [1.29, 1.82) is 5.26 Å². The third-order valence-corrected chi connectivity index (χ3v) is 3.47. The van der Waals surface area contributed by atoms with E-state index in [0.29, 0.717) is 0 Å². The van der Waals surface area contributed by atoms with Gasteiger partial charge in [0.05, 0.1) is 12.2 Å². The van der Waals surface area contributed by atoms with Crippen molar-refractivity contribution in [3.05, 3.63) is 28.0 Å². The van der Waals surface area contributed by atoms with Crippen LogP contribution in [0.15, 0.2) is 6.07 Å². The predicted molar refractivity (Wildman–Crippen MR) is 66.5 cm³/mol. The summed E-state index contributed by atoms with van der Waals surface area (Å²) in [5, 5.41) is 9.12. The summed E-state index contributed by atoms with van der Waals surface area (Å²) in [6.07, 6.45) is 2.04. The minimum Gasteiger partial charge on any atom is -0.462 e. The zero-order valence-corrected chi connectivity index (χ0v) is 11.0. The molecule has 0 unspecified atom stereocenters. The fourth-order valence-corrected chi connectivity index (χ4v) is 1.98. The number of ether oxygens (including phenoxy) is 1. The number of nitrogens with zero attached hydrogens (tertiary/aromatic N) is 2. The third kappa shape index (κ3) is 2.19. The van der Waals surface area contributed by atoms with E-state index in [9.17, 15) is 4.79 Å². The molecule has 5 heteroatoms. The lowest BCUT2D eigenvalue weighted by Gasteiger charge is -2.12. The Hall–Kier alpha value is -1.60. The number of hydrogen-bond acceptors (Lipinski definition) is 4. The van der Waals surface area contributed by atoms with E-state index in [1.54, 1.807) is 13.0 Å². The van der Waals surface area contributed by atoms with Gasteiger partial charge in [0.1, 0.15) is 16.8 Å². The summed E-state index contributed by atoms with van der Waals surface area (Å²) >= 11 is 5.97. The minimum absolute atomic E-state index is 0.0150. The van der Waals surface area contributed by atoms with Gasteiger partial charge in [-0.3, -0.25) is 0 Å². The van der Waals surface area contributed by atoms with Crippen molar-refractivity contribution in [2.75, 3.05) is 6.61 Å². The maximum Gasteiger partial charge on any atom is 0.339 e. The Bertz CT molecular complexity index is 545. The summed E-state index contributed by atoms with van der Waals surface area (Å²) in [5.74, 6) is -0.524. The lowest BCUT2D eigenvalue weighted by atomic mass is 10.0. The van der Waals surface area contributed by atoms with Crippen molar-refractivity contribution in [2.24, 2.45) is 0 Å². The monoisotopic (exact) mass is 264 g/mol. The molecule has 0 atom stereocenters. The molecule has 1 heterocycles. The van der Waals surface area contributed by atoms with Crippen LogP contribution in [-0.4, -0.2) is 17.6 Å². The van der Waals surface area contributed by atoms with Gasteiger partial charge in [-0.05, 0) is 25.8 Å². The topological polar surface area (TPSA) is 63.0 Å². The first kappa shape index (κ1) is 12.8. The van der Waals surface area contributed by atoms with Crippen molar-refractivity contribution < 1.29 is 9.53 Å². The summed E-state index contributed by atoms with van der Waals surface area (Å²) in [7, 11) is 0. The zero-order chi connectivity index (χ0) is 13.3. The molecule has 1 saturated carbocycles. The van der Waals surface area contributed by atoms with Crippen LogP contribution < -0.4 is 0 Å². The van der Waals surface area contributed by atoms with E-state index in [4.69, 9.17) is 21.6 Å². The molecule has 94 valence electrons. The Morgan fingerprint density at radius 2 is 2.33 bits per heavy atom. The second kappa shape index (κ2) is 4.58. The molecule has 0 spiro atoms. The van der Waals surface area contributed by atoms with Gasteiger partial charge in [0, 0.05) is 11.1 Å². The van der Waals surface area contributed by atoms with Crippen molar-refractivity contribution in [1.82, 2.24) is 4.98 Å². The second-order valence-electron chi connectivity index (χ2n) is 4.61. The van der Waals surface area contributed by atoms with Crippen LogP contribution in [0.4, 0.5) is 0 Å². The zero-order valence-electron chi connectivity index (χ0n) is 10.3. The number of halogens is 1. The van der Waals surface area contributed by atoms with Gasteiger partial charge in [0.2, 0.25) is 0 Å². The highest BCUT2D eigenvalue weighted by Gasteiger charge is 2.41. The van der Waals surface area contributed by atoms with Crippen molar-refractivity contribution in [3.63, 3.8) is 0 Å². The predicted octanol–water partition coefficient (Wildman–Crippen LogP) is 2.83. The molecule has 0 amide bonds. The molecule has 0 N–H and O–H groups in total. The van der Waals surface area contributed by atoms with Crippen LogP contribution in [-0.2, 0) is 10.2 Å². The van der Waals surface area contributed by atoms with Gasteiger partial charge < -0.3 is 4.74 Å². The molecular formula is C13H13ClN2O2. The number of pyridine rings is 1. The second-order valence-corrected chi connectivity index (χ2v) is 4.97. The number of esters is 1. The summed E-state index contributed by atoms with van der Waals surface area (Å²) in [6, 6.07) is 3.54. The molecule has 0 aliphatic heterocycles. The van der Waals surface area contributed by atoms with Gasteiger partial charge >= 0.3 is 5.97 Å². The van der Waals surface area contributed by atoms with E-state index >= 15 is 0 Å². The molecule has 0 radical (unpaired) electrons. The Labute approximate surface area is 111 Å². The molecule has 4 nitrogen and oxygen atoms in total. The first-order valence-electron chi connectivity index (χ1n) is 5.80. The molecule has 1 aromatic rings. The van der Waals surface area contributed by atoms with E-state index in [0.717, 1.165) is 18.5 Å². The first-order valence-corrected chi connectivity index (χ1v) is 6.18. The van der Waals surface area contributed by atoms with Crippen molar-refractivity contribution in [3.8, 4) is 6.07 Å². The van der Waals surface area contributed by atoms with E-state index < -0.39 is 5.97 Å². The summed E-state index contributed by atoms with van der Waals surface area (Å²) < 4.78 is 4.94. The summed E-state index contributed by atoms with van der Waals surface area (Å²) in [4.78, 5) is 16.0. The van der Waals surface area contributed by atoms with Crippen LogP contribution in [0.25, 0.3) is 0 Å². The Morgan fingerprint density at radius 1 is 1.67 bits per heavy atom. The Kier molecular flexibility index (Phi) is 3.27. The SMILES string of the molecule is CCOC(=O)c1cc(C2(C)CC2)nc(Cl)c1C#N. The highest BCUT2D eigenvalue weighted by atomic mass is 35.5. The molecular weight excluding hydrogens is 252 g/mol. The molecule has 1 aliphatic carbocycles. The fraction of sp³-hybridized carbons (Fsp3) is 0.462. The normalized spacial score (nSPS) is 15.9. The highest BCUT2D eigenvalue weighted by Crippen LogP contribution is 2.47. The molecule has 2 rings (SSSR count).